The molecule has 1 aromatic heterocycles. The highest BCUT2D eigenvalue weighted by Gasteiger charge is 2.23. The van der Waals surface area contributed by atoms with Gasteiger partial charge in [0, 0.05) is 45.5 Å². The molecule has 86 valence electrons. The van der Waals surface area contributed by atoms with Crippen LogP contribution in [0.25, 0.3) is 0 Å². The summed E-state index contributed by atoms with van der Waals surface area (Å²) >= 11 is 0. The minimum atomic E-state index is 0.0319. The Morgan fingerprint density at radius 1 is 1.19 bits per heavy atom. The topological polar surface area (TPSA) is 56.4 Å². The van der Waals surface area contributed by atoms with Crippen molar-refractivity contribution in [3.63, 3.8) is 0 Å². The third-order valence-corrected chi connectivity index (χ3v) is 2.86. The first-order valence-corrected chi connectivity index (χ1v) is 5.36. The number of rotatable bonds is 1. The van der Waals surface area contributed by atoms with Gasteiger partial charge in [0.2, 0.25) is 5.91 Å². The van der Waals surface area contributed by atoms with E-state index in [1.165, 1.54) is 0 Å². The van der Waals surface area contributed by atoms with Gasteiger partial charge in [-0.2, -0.15) is 0 Å². The zero-order chi connectivity index (χ0) is 11.5. The molecule has 1 N–H and O–H groups in total. The number of H-pyrrole nitrogens is 1. The van der Waals surface area contributed by atoms with E-state index in [0.29, 0.717) is 31.7 Å². The Balaban J connectivity index is 1.94. The van der Waals surface area contributed by atoms with Crippen LogP contribution in [0.4, 0.5) is 0 Å². The third-order valence-electron chi connectivity index (χ3n) is 2.86. The van der Waals surface area contributed by atoms with Gasteiger partial charge in [-0.15, -0.1) is 0 Å². The Bertz CT molecular complexity index is 378. The van der Waals surface area contributed by atoms with Gasteiger partial charge in [0.1, 0.15) is 0 Å². The Labute approximate surface area is 94.0 Å². The van der Waals surface area contributed by atoms with Crippen LogP contribution in [0.2, 0.25) is 0 Å². The second-order valence-electron chi connectivity index (χ2n) is 3.90. The van der Waals surface area contributed by atoms with Gasteiger partial charge in [-0.3, -0.25) is 9.59 Å². The lowest BCUT2D eigenvalue weighted by atomic mass is 10.2. The van der Waals surface area contributed by atoms with Crippen LogP contribution in [-0.2, 0) is 4.79 Å². The summed E-state index contributed by atoms with van der Waals surface area (Å²) in [4.78, 5) is 29.5. The predicted molar refractivity (Wildman–Crippen MR) is 59.0 cm³/mol. The first-order valence-electron chi connectivity index (χ1n) is 5.36. The molecule has 0 spiro atoms. The number of piperazine rings is 1. The van der Waals surface area contributed by atoms with E-state index >= 15 is 0 Å². The molecule has 0 saturated carbocycles. The highest BCUT2D eigenvalue weighted by atomic mass is 16.2. The molecular weight excluding hydrogens is 206 g/mol. The van der Waals surface area contributed by atoms with Gasteiger partial charge in [-0.1, -0.05) is 0 Å². The fraction of sp³-hybridized carbons (Fsp3) is 0.455. The van der Waals surface area contributed by atoms with Crippen molar-refractivity contribution < 1.29 is 9.59 Å². The van der Waals surface area contributed by atoms with Crippen LogP contribution in [0.3, 0.4) is 0 Å². The van der Waals surface area contributed by atoms with Gasteiger partial charge < -0.3 is 14.8 Å². The Morgan fingerprint density at radius 2 is 1.81 bits per heavy atom. The van der Waals surface area contributed by atoms with E-state index in [-0.39, 0.29) is 11.8 Å². The summed E-state index contributed by atoms with van der Waals surface area (Å²) in [6.45, 7) is 4.05. The minimum absolute atomic E-state index is 0.0319. The normalized spacial score (nSPS) is 16.3. The molecule has 2 rings (SSSR count). The summed E-state index contributed by atoms with van der Waals surface area (Å²) in [6, 6.07) is 1.76. The third kappa shape index (κ3) is 2.08. The quantitative estimate of drug-likeness (QED) is 0.742. The lowest BCUT2D eigenvalue weighted by molar-refractivity contribution is -0.130. The van der Waals surface area contributed by atoms with E-state index in [1.807, 2.05) is 0 Å². The van der Waals surface area contributed by atoms with Crippen LogP contribution in [0.5, 0.6) is 0 Å². The lowest BCUT2D eigenvalue weighted by Gasteiger charge is -2.34. The van der Waals surface area contributed by atoms with Crippen molar-refractivity contribution >= 4 is 11.8 Å². The number of aromatic amines is 1. The van der Waals surface area contributed by atoms with Crippen LogP contribution in [0.1, 0.15) is 17.3 Å². The maximum atomic E-state index is 11.9. The van der Waals surface area contributed by atoms with Crippen LogP contribution in [0, 0.1) is 0 Å². The highest BCUT2D eigenvalue weighted by Crippen LogP contribution is 2.08. The summed E-state index contributed by atoms with van der Waals surface area (Å²) in [7, 11) is 0. The van der Waals surface area contributed by atoms with E-state index in [9.17, 15) is 9.59 Å². The maximum absolute atomic E-state index is 11.9. The smallest absolute Gasteiger partial charge is 0.255 e. The number of nitrogens with one attached hydrogen (secondary N) is 1. The SMILES string of the molecule is CC(=O)N1CCN(C(=O)c2cc[nH]c2)CC1. The lowest BCUT2D eigenvalue weighted by Crippen LogP contribution is -2.50. The van der Waals surface area contributed by atoms with Gasteiger partial charge >= 0.3 is 0 Å². The van der Waals surface area contributed by atoms with Crippen LogP contribution in [-0.4, -0.2) is 52.8 Å². The Kier molecular flexibility index (Phi) is 2.94. The number of nitrogens with zero attached hydrogens (tertiary/aromatic N) is 2. The summed E-state index contributed by atoms with van der Waals surface area (Å²) in [5.74, 6) is 0.109. The molecule has 2 heterocycles. The Hall–Kier alpha value is -1.78. The number of hydrogen-bond acceptors (Lipinski definition) is 2. The fourth-order valence-corrected chi connectivity index (χ4v) is 1.86. The van der Waals surface area contributed by atoms with Crippen molar-refractivity contribution in [2.24, 2.45) is 0 Å². The van der Waals surface area contributed by atoms with Crippen molar-refractivity contribution in [3.05, 3.63) is 24.0 Å². The van der Waals surface area contributed by atoms with E-state index in [0.717, 1.165) is 0 Å². The molecule has 1 saturated heterocycles. The Morgan fingerprint density at radius 3 is 2.31 bits per heavy atom. The van der Waals surface area contributed by atoms with Gasteiger partial charge in [0.15, 0.2) is 0 Å². The monoisotopic (exact) mass is 221 g/mol. The van der Waals surface area contributed by atoms with E-state index < -0.39 is 0 Å². The second-order valence-corrected chi connectivity index (χ2v) is 3.90. The maximum Gasteiger partial charge on any atom is 0.255 e. The molecule has 2 amide bonds. The zero-order valence-corrected chi connectivity index (χ0v) is 9.27. The van der Waals surface area contributed by atoms with Gasteiger partial charge in [-0.05, 0) is 6.07 Å². The van der Waals surface area contributed by atoms with Crippen molar-refractivity contribution in [1.29, 1.82) is 0 Å². The van der Waals surface area contributed by atoms with Crippen molar-refractivity contribution in [3.8, 4) is 0 Å². The molecule has 0 bridgehead atoms. The largest absolute Gasteiger partial charge is 0.367 e. The molecule has 0 unspecified atom stereocenters. The van der Waals surface area contributed by atoms with Crippen LogP contribution < -0.4 is 0 Å². The standard InChI is InChI=1S/C11H15N3O2/c1-9(15)13-4-6-14(7-5-13)11(16)10-2-3-12-8-10/h2-3,8,12H,4-7H2,1H3. The van der Waals surface area contributed by atoms with Crippen LogP contribution >= 0.6 is 0 Å². The first kappa shape index (κ1) is 10.7. The summed E-state index contributed by atoms with van der Waals surface area (Å²) < 4.78 is 0. The molecule has 0 radical (unpaired) electrons. The van der Waals surface area contributed by atoms with Crippen LogP contribution in [0.15, 0.2) is 18.5 Å². The second kappa shape index (κ2) is 4.38. The molecule has 5 nitrogen and oxygen atoms in total. The molecule has 1 aromatic rings. The van der Waals surface area contributed by atoms with Crippen molar-refractivity contribution in [2.75, 3.05) is 26.2 Å². The molecule has 0 aromatic carbocycles. The van der Waals surface area contributed by atoms with E-state index in [1.54, 1.807) is 35.2 Å². The predicted octanol–water partition coefficient (Wildman–Crippen LogP) is 0.319. The van der Waals surface area contributed by atoms with E-state index in [4.69, 9.17) is 0 Å². The van der Waals surface area contributed by atoms with E-state index in [2.05, 4.69) is 4.98 Å². The molecule has 1 fully saturated rings. The fourth-order valence-electron chi connectivity index (χ4n) is 1.86. The van der Waals surface area contributed by atoms with Crippen molar-refractivity contribution in [2.45, 2.75) is 6.92 Å². The summed E-state index contributed by atoms with van der Waals surface area (Å²) in [6.07, 6.45) is 3.43. The molecular formula is C11H15N3O2. The van der Waals surface area contributed by atoms with Gasteiger partial charge in [0.25, 0.3) is 5.91 Å². The molecule has 5 heteroatoms. The molecule has 1 aliphatic rings. The summed E-state index contributed by atoms with van der Waals surface area (Å²) in [5.41, 5.74) is 0.677. The first-order chi connectivity index (χ1) is 7.68. The number of aromatic nitrogens is 1. The molecule has 0 atom stereocenters. The highest BCUT2D eigenvalue weighted by molar-refractivity contribution is 5.94. The average molecular weight is 221 g/mol. The van der Waals surface area contributed by atoms with Gasteiger partial charge in [0.05, 0.1) is 5.56 Å². The zero-order valence-electron chi connectivity index (χ0n) is 9.27. The average Bonchev–Trinajstić information content (AvgIpc) is 2.81. The number of hydrogen-bond donors (Lipinski definition) is 1. The van der Waals surface area contributed by atoms with Gasteiger partial charge in [-0.25, -0.2) is 0 Å². The molecule has 1 aliphatic heterocycles. The minimum Gasteiger partial charge on any atom is -0.367 e. The molecule has 16 heavy (non-hydrogen) atoms. The number of carbonyl (C=O) groups excluding carboxylic acids is 2. The number of amides is 2. The summed E-state index contributed by atoms with van der Waals surface area (Å²) in [5, 5.41) is 0. The molecule has 0 aliphatic carbocycles. The van der Waals surface area contributed by atoms with Crippen molar-refractivity contribution in [1.82, 2.24) is 14.8 Å². The number of carbonyl (C=O) groups is 2.